The maximum absolute atomic E-state index is 12.3. The smallest absolute Gasteiger partial charge is 0.269 e. The molecule has 2 aromatic heterocycles. The predicted molar refractivity (Wildman–Crippen MR) is 93.8 cm³/mol. The van der Waals surface area contributed by atoms with E-state index < -0.39 is 0 Å². The number of rotatable bonds is 8. The molecule has 23 heavy (non-hydrogen) atoms. The maximum Gasteiger partial charge on any atom is 0.269 e. The summed E-state index contributed by atoms with van der Waals surface area (Å²) in [5, 5.41) is 7.45. The summed E-state index contributed by atoms with van der Waals surface area (Å²) in [4.78, 5) is 19.6. The largest absolute Gasteiger partial charge is 0.350 e. The molecule has 2 heterocycles. The third kappa shape index (κ3) is 4.60. The van der Waals surface area contributed by atoms with E-state index in [-0.39, 0.29) is 5.91 Å². The zero-order valence-electron chi connectivity index (χ0n) is 14.2. The molecule has 7 heteroatoms. The number of H-pyrrole nitrogens is 1. The maximum atomic E-state index is 12.3. The summed E-state index contributed by atoms with van der Waals surface area (Å²) >= 11 is 1.76. The number of aryl methyl sites for hydroxylation is 2. The Bertz CT molecular complexity index is 647. The molecule has 0 aliphatic carbocycles. The van der Waals surface area contributed by atoms with Crippen LogP contribution in [0.15, 0.2) is 12.4 Å². The Balaban J connectivity index is 1.79. The quantitative estimate of drug-likeness (QED) is 0.727. The van der Waals surface area contributed by atoms with Gasteiger partial charge in [0.05, 0.1) is 17.7 Å². The van der Waals surface area contributed by atoms with Crippen molar-refractivity contribution in [1.82, 2.24) is 25.1 Å². The first-order valence-electron chi connectivity index (χ1n) is 7.95. The average Bonchev–Trinajstić information content (AvgIpc) is 3.13. The number of nitrogens with one attached hydrogen (secondary N) is 2. The Hall–Kier alpha value is -1.76. The van der Waals surface area contributed by atoms with E-state index in [1.165, 1.54) is 0 Å². The SMILES string of the molecule is CCn1nc(C(C)C)cc1C(=O)NCCSCc1nc[nH]c1C. The number of aromatic amines is 1. The van der Waals surface area contributed by atoms with Gasteiger partial charge in [-0.3, -0.25) is 9.48 Å². The molecule has 0 saturated carbocycles. The summed E-state index contributed by atoms with van der Waals surface area (Å²) in [7, 11) is 0. The Morgan fingerprint density at radius 1 is 1.48 bits per heavy atom. The molecule has 0 saturated heterocycles. The topological polar surface area (TPSA) is 75.6 Å². The molecule has 0 radical (unpaired) electrons. The summed E-state index contributed by atoms with van der Waals surface area (Å²) in [5.41, 5.74) is 3.78. The fourth-order valence-corrected chi connectivity index (χ4v) is 3.05. The van der Waals surface area contributed by atoms with Crippen LogP contribution in [-0.4, -0.2) is 38.0 Å². The van der Waals surface area contributed by atoms with Gasteiger partial charge in [0.25, 0.3) is 5.91 Å². The zero-order valence-corrected chi connectivity index (χ0v) is 15.0. The second kappa shape index (κ2) is 8.19. The highest BCUT2D eigenvalue weighted by molar-refractivity contribution is 7.98. The van der Waals surface area contributed by atoms with Gasteiger partial charge < -0.3 is 10.3 Å². The molecule has 0 aromatic carbocycles. The molecule has 126 valence electrons. The van der Waals surface area contributed by atoms with Crippen LogP contribution in [-0.2, 0) is 12.3 Å². The minimum atomic E-state index is -0.0530. The molecule has 0 fully saturated rings. The summed E-state index contributed by atoms with van der Waals surface area (Å²) in [6.45, 7) is 9.51. The number of nitrogens with zero attached hydrogens (tertiary/aromatic N) is 3. The van der Waals surface area contributed by atoms with Gasteiger partial charge in [0.1, 0.15) is 5.69 Å². The van der Waals surface area contributed by atoms with Crippen molar-refractivity contribution in [2.24, 2.45) is 0 Å². The van der Waals surface area contributed by atoms with Crippen molar-refractivity contribution in [2.75, 3.05) is 12.3 Å². The summed E-state index contributed by atoms with van der Waals surface area (Å²) in [6, 6.07) is 1.89. The third-order valence-electron chi connectivity index (χ3n) is 3.63. The zero-order chi connectivity index (χ0) is 16.8. The summed E-state index contributed by atoms with van der Waals surface area (Å²) in [5.74, 6) is 1.98. The van der Waals surface area contributed by atoms with E-state index >= 15 is 0 Å². The number of hydrogen-bond donors (Lipinski definition) is 2. The Morgan fingerprint density at radius 3 is 2.87 bits per heavy atom. The van der Waals surface area contributed by atoms with Crippen molar-refractivity contribution in [3.63, 3.8) is 0 Å². The van der Waals surface area contributed by atoms with Crippen LogP contribution in [0, 0.1) is 6.92 Å². The summed E-state index contributed by atoms with van der Waals surface area (Å²) < 4.78 is 1.77. The van der Waals surface area contributed by atoms with Crippen molar-refractivity contribution in [3.8, 4) is 0 Å². The molecule has 2 N–H and O–H groups in total. The van der Waals surface area contributed by atoms with Crippen LogP contribution in [0.3, 0.4) is 0 Å². The van der Waals surface area contributed by atoms with Gasteiger partial charge in [0.2, 0.25) is 0 Å². The average molecular weight is 335 g/mol. The van der Waals surface area contributed by atoms with Gasteiger partial charge in [-0.2, -0.15) is 16.9 Å². The molecule has 2 aromatic rings. The molecular weight excluding hydrogens is 310 g/mol. The minimum Gasteiger partial charge on any atom is -0.350 e. The van der Waals surface area contributed by atoms with Gasteiger partial charge in [-0.15, -0.1) is 0 Å². The standard InChI is InChI=1S/C16H25N5OS/c1-5-21-15(8-13(20-21)11(2)3)16(22)17-6-7-23-9-14-12(4)18-10-19-14/h8,10-11H,5-7,9H2,1-4H3,(H,17,22)(H,18,19). The van der Waals surface area contributed by atoms with Gasteiger partial charge in [0.15, 0.2) is 0 Å². The van der Waals surface area contributed by atoms with Crippen LogP contribution < -0.4 is 5.32 Å². The first-order valence-corrected chi connectivity index (χ1v) is 9.11. The van der Waals surface area contributed by atoms with Gasteiger partial charge in [-0.25, -0.2) is 4.98 Å². The van der Waals surface area contributed by atoms with E-state index in [0.717, 1.165) is 28.6 Å². The van der Waals surface area contributed by atoms with E-state index in [9.17, 15) is 4.79 Å². The lowest BCUT2D eigenvalue weighted by Gasteiger charge is -2.06. The number of hydrogen-bond acceptors (Lipinski definition) is 4. The van der Waals surface area contributed by atoms with Crippen LogP contribution in [0.1, 0.15) is 54.3 Å². The van der Waals surface area contributed by atoms with E-state index in [2.05, 4.69) is 34.2 Å². The van der Waals surface area contributed by atoms with E-state index in [1.54, 1.807) is 22.8 Å². The lowest BCUT2D eigenvalue weighted by Crippen LogP contribution is -2.28. The Morgan fingerprint density at radius 2 is 2.26 bits per heavy atom. The van der Waals surface area contributed by atoms with Gasteiger partial charge in [-0.05, 0) is 25.8 Å². The lowest BCUT2D eigenvalue weighted by atomic mass is 10.1. The minimum absolute atomic E-state index is 0.0530. The van der Waals surface area contributed by atoms with E-state index in [4.69, 9.17) is 0 Å². The fourth-order valence-electron chi connectivity index (χ4n) is 2.17. The summed E-state index contributed by atoms with van der Waals surface area (Å²) in [6.07, 6.45) is 1.71. The van der Waals surface area contributed by atoms with Crippen LogP contribution >= 0.6 is 11.8 Å². The number of thioether (sulfide) groups is 1. The first kappa shape index (κ1) is 17.6. The number of carbonyl (C=O) groups excluding carboxylic acids is 1. The molecule has 0 aliphatic heterocycles. The highest BCUT2D eigenvalue weighted by Gasteiger charge is 2.15. The molecule has 0 atom stereocenters. The third-order valence-corrected chi connectivity index (χ3v) is 4.60. The Kier molecular flexibility index (Phi) is 6.27. The Labute approximate surface area is 141 Å². The highest BCUT2D eigenvalue weighted by Crippen LogP contribution is 2.15. The first-order chi connectivity index (χ1) is 11.0. The van der Waals surface area contributed by atoms with Crippen molar-refractivity contribution in [3.05, 3.63) is 35.2 Å². The molecular formula is C16H25N5OS. The van der Waals surface area contributed by atoms with E-state index in [0.29, 0.717) is 24.7 Å². The van der Waals surface area contributed by atoms with Crippen molar-refractivity contribution in [1.29, 1.82) is 0 Å². The molecule has 1 amide bonds. The van der Waals surface area contributed by atoms with Crippen LogP contribution in [0.4, 0.5) is 0 Å². The van der Waals surface area contributed by atoms with Crippen molar-refractivity contribution in [2.45, 2.75) is 45.9 Å². The number of aromatic nitrogens is 4. The monoisotopic (exact) mass is 335 g/mol. The number of imidazole rings is 1. The van der Waals surface area contributed by atoms with Crippen LogP contribution in [0.25, 0.3) is 0 Å². The molecule has 2 rings (SSSR count). The lowest BCUT2D eigenvalue weighted by molar-refractivity contribution is 0.0945. The second-order valence-electron chi connectivity index (χ2n) is 5.71. The van der Waals surface area contributed by atoms with Crippen LogP contribution in [0.2, 0.25) is 0 Å². The highest BCUT2D eigenvalue weighted by atomic mass is 32.2. The van der Waals surface area contributed by atoms with Gasteiger partial charge in [-0.1, -0.05) is 13.8 Å². The molecule has 6 nitrogen and oxygen atoms in total. The molecule has 0 bridgehead atoms. The molecule has 0 aliphatic rings. The van der Waals surface area contributed by atoms with Crippen molar-refractivity contribution < 1.29 is 4.79 Å². The van der Waals surface area contributed by atoms with Gasteiger partial charge in [0, 0.05) is 30.3 Å². The van der Waals surface area contributed by atoms with Crippen molar-refractivity contribution >= 4 is 17.7 Å². The fraction of sp³-hybridized carbons (Fsp3) is 0.562. The van der Waals surface area contributed by atoms with E-state index in [1.807, 2.05) is 19.9 Å². The van der Waals surface area contributed by atoms with Crippen LogP contribution in [0.5, 0.6) is 0 Å². The number of carbonyl (C=O) groups is 1. The predicted octanol–water partition coefficient (Wildman–Crippen LogP) is 2.72. The molecule has 0 unspecified atom stereocenters. The molecule has 0 spiro atoms. The number of amides is 1. The second-order valence-corrected chi connectivity index (χ2v) is 6.81. The van der Waals surface area contributed by atoms with Gasteiger partial charge >= 0.3 is 0 Å². The normalized spacial score (nSPS) is 11.2.